The number of amides is 1. The molecule has 1 saturated heterocycles. The molecule has 0 aromatic heterocycles. The van der Waals surface area contributed by atoms with Crippen molar-refractivity contribution >= 4 is 30.0 Å². The lowest BCUT2D eigenvalue weighted by atomic mass is 9.98. The predicted octanol–water partition coefficient (Wildman–Crippen LogP) is 4.38. The van der Waals surface area contributed by atoms with E-state index < -0.39 is 121 Å². The van der Waals surface area contributed by atoms with E-state index in [9.17, 15) is 45.9 Å². The fraction of sp³-hybridized carbons (Fsp3) is 0.378. The summed E-state index contributed by atoms with van der Waals surface area (Å²) in [5, 5.41) is 2.09. The first-order valence-electron chi connectivity index (χ1n) is 16.7. The molecule has 0 radical (unpaired) electrons. The number of ether oxygens (including phenoxy) is 8. The topological polar surface area (TPSA) is 171 Å². The smallest absolute Gasteiger partial charge is 0.407 e. The average molecular weight is 796 g/mol. The molecule has 19 heteroatoms. The van der Waals surface area contributed by atoms with Crippen molar-refractivity contribution in [2.45, 2.75) is 63.4 Å². The predicted molar refractivity (Wildman–Crippen MR) is 177 cm³/mol. The van der Waals surface area contributed by atoms with Gasteiger partial charge in [-0.3, -0.25) is 14.4 Å². The van der Waals surface area contributed by atoms with Gasteiger partial charge < -0.3 is 43.2 Å². The van der Waals surface area contributed by atoms with Crippen LogP contribution in [-0.2, 0) is 52.3 Å². The Morgan fingerprint density at radius 1 is 0.696 bits per heavy atom. The van der Waals surface area contributed by atoms with Gasteiger partial charge in [0.25, 0.3) is 0 Å². The number of carbonyl (C=O) groups is 5. The van der Waals surface area contributed by atoms with Crippen molar-refractivity contribution in [1.29, 1.82) is 0 Å². The third kappa shape index (κ3) is 9.06. The molecule has 14 nitrogen and oxygen atoms in total. The highest BCUT2D eigenvalue weighted by Crippen LogP contribution is 2.44. The summed E-state index contributed by atoms with van der Waals surface area (Å²) in [5.74, 6) is -19.2. The molecule has 5 rings (SSSR count). The first kappa shape index (κ1) is 41.5. The molecule has 1 aliphatic heterocycles. The number of rotatable bonds is 13. The quantitative estimate of drug-likeness (QED) is 0.0647. The number of fused-ring (bicyclic) bond motifs is 3. The summed E-state index contributed by atoms with van der Waals surface area (Å²) in [7, 11) is 1.18. The minimum absolute atomic E-state index is 0.291. The summed E-state index contributed by atoms with van der Waals surface area (Å²) in [6.45, 7) is 1.18. The summed E-state index contributed by atoms with van der Waals surface area (Å²) in [6, 6.07) is 12.5. The van der Waals surface area contributed by atoms with Crippen LogP contribution in [0.5, 0.6) is 5.75 Å². The van der Waals surface area contributed by atoms with Gasteiger partial charge >= 0.3 is 30.0 Å². The van der Waals surface area contributed by atoms with E-state index in [1.807, 2.05) is 36.4 Å². The zero-order valence-electron chi connectivity index (χ0n) is 30.0. The van der Waals surface area contributed by atoms with E-state index in [-0.39, 0.29) is 6.61 Å². The molecule has 1 fully saturated rings. The van der Waals surface area contributed by atoms with Gasteiger partial charge in [-0.1, -0.05) is 48.5 Å². The van der Waals surface area contributed by atoms with Gasteiger partial charge in [0.15, 0.2) is 24.5 Å². The molecule has 2 aliphatic rings. The van der Waals surface area contributed by atoms with E-state index in [0.29, 0.717) is 0 Å². The minimum atomic E-state index is -2.53. The zero-order valence-corrected chi connectivity index (χ0v) is 30.0. The van der Waals surface area contributed by atoms with Crippen LogP contribution in [0, 0.1) is 29.1 Å². The Hall–Kier alpha value is -5.66. The van der Waals surface area contributed by atoms with Crippen LogP contribution < -0.4 is 10.1 Å². The third-order valence-electron chi connectivity index (χ3n) is 8.64. The number of nitrogens with one attached hydrogen (secondary N) is 1. The molecule has 1 amide bonds. The van der Waals surface area contributed by atoms with Crippen LogP contribution in [0.3, 0.4) is 0 Å². The molecule has 0 spiro atoms. The van der Waals surface area contributed by atoms with Crippen molar-refractivity contribution in [1.82, 2.24) is 5.32 Å². The van der Waals surface area contributed by atoms with Crippen LogP contribution in [0.1, 0.15) is 37.8 Å². The van der Waals surface area contributed by atoms with Gasteiger partial charge in [0.1, 0.15) is 25.4 Å². The van der Waals surface area contributed by atoms with Crippen LogP contribution in [0.15, 0.2) is 48.5 Å². The standard InChI is InChI=1S/C37H34F5NO13/c1-16(44)50-15-25-31(49-4)33(53-17(2)45)34(54-18(3)46)36(55-25)51-14-24(35(47)56-32-29(41)27(39)26(38)28(40)30(32)42)43-37(48)52-13-23-21-11-7-5-9-19(21)20-10-6-8-12-22(20)23/h5-12,23-25,31,33-34,36H,13-15H2,1-4H3,(H,43,48)/t24-,25+,31+,33-,34+,36+/m0/s1. The van der Waals surface area contributed by atoms with E-state index in [0.717, 1.165) is 43.0 Å². The number of halogens is 5. The second-order valence-corrected chi connectivity index (χ2v) is 12.4. The van der Waals surface area contributed by atoms with E-state index in [2.05, 4.69) is 10.1 Å². The average Bonchev–Trinajstić information content (AvgIpc) is 3.48. The maximum Gasteiger partial charge on any atom is 0.407 e. The molecule has 56 heavy (non-hydrogen) atoms. The Morgan fingerprint density at radius 2 is 1.23 bits per heavy atom. The van der Waals surface area contributed by atoms with E-state index >= 15 is 0 Å². The van der Waals surface area contributed by atoms with Gasteiger partial charge in [-0.2, -0.15) is 8.78 Å². The number of hydrogen-bond donors (Lipinski definition) is 1. The highest BCUT2D eigenvalue weighted by atomic mass is 19.2. The van der Waals surface area contributed by atoms with E-state index in [1.54, 1.807) is 12.1 Å². The lowest BCUT2D eigenvalue weighted by molar-refractivity contribution is -0.310. The van der Waals surface area contributed by atoms with Crippen molar-refractivity contribution in [3.05, 3.63) is 88.7 Å². The van der Waals surface area contributed by atoms with Crippen LogP contribution in [0.4, 0.5) is 26.7 Å². The first-order valence-corrected chi connectivity index (χ1v) is 16.7. The van der Waals surface area contributed by atoms with Crippen molar-refractivity contribution in [2.75, 3.05) is 26.9 Å². The molecular weight excluding hydrogens is 761 g/mol. The van der Waals surface area contributed by atoms with Crippen molar-refractivity contribution < 1.29 is 83.8 Å². The van der Waals surface area contributed by atoms with Gasteiger partial charge in [0, 0.05) is 33.8 Å². The van der Waals surface area contributed by atoms with Gasteiger partial charge in [-0.15, -0.1) is 0 Å². The third-order valence-corrected chi connectivity index (χ3v) is 8.64. The Labute approximate surface area is 315 Å². The highest BCUT2D eigenvalue weighted by molar-refractivity contribution is 5.83. The Balaban J connectivity index is 1.42. The summed E-state index contributed by atoms with van der Waals surface area (Å²) in [6.07, 6.45) is -8.87. The van der Waals surface area contributed by atoms with Gasteiger partial charge in [0.05, 0.1) is 6.61 Å². The molecule has 3 aromatic rings. The van der Waals surface area contributed by atoms with Crippen LogP contribution >= 0.6 is 0 Å². The number of methoxy groups -OCH3 is 1. The molecule has 0 bridgehead atoms. The lowest BCUT2D eigenvalue weighted by Gasteiger charge is -2.44. The largest absolute Gasteiger partial charge is 0.463 e. The van der Waals surface area contributed by atoms with E-state index in [1.165, 1.54) is 7.11 Å². The molecule has 300 valence electrons. The molecule has 1 N–H and O–H groups in total. The number of carbonyl (C=O) groups excluding carboxylic acids is 5. The molecule has 3 aromatic carbocycles. The minimum Gasteiger partial charge on any atom is -0.463 e. The number of alkyl carbamates (subject to hydrolysis) is 1. The normalized spacial score (nSPS) is 20.6. The van der Waals surface area contributed by atoms with Gasteiger partial charge in [0.2, 0.25) is 34.8 Å². The van der Waals surface area contributed by atoms with Gasteiger partial charge in [-0.25, -0.2) is 22.8 Å². The Bertz CT molecular complexity index is 1920. The molecule has 0 unspecified atom stereocenters. The second kappa shape index (κ2) is 17.9. The van der Waals surface area contributed by atoms with Crippen molar-refractivity contribution in [3.8, 4) is 16.9 Å². The highest BCUT2D eigenvalue weighted by Gasteiger charge is 2.51. The number of hydrogen-bond acceptors (Lipinski definition) is 13. The molecular formula is C37H34F5NO13. The summed E-state index contributed by atoms with van der Waals surface area (Å²) in [4.78, 5) is 62.6. The second-order valence-electron chi connectivity index (χ2n) is 12.4. The van der Waals surface area contributed by atoms with Crippen molar-refractivity contribution in [2.24, 2.45) is 0 Å². The summed E-state index contributed by atoms with van der Waals surface area (Å²) in [5.41, 5.74) is 3.41. The fourth-order valence-corrected chi connectivity index (χ4v) is 6.26. The first-order chi connectivity index (χ1) is 26.6. The van der Waals surface area contributed by atoms with Crippen LogP contribution in [0.25, 0.3) is 11.1 Å². The summed E-state index contributed by atoms with van der Waals surface area (Å²) >= 11 is 0. The van der Waals surface area contributed by atoms with Gasteiger partial charge in [-0.05, 0) is 22.3 Å². The maximum absolute atomic E-state index is 14.6. The van der Waals surface area contributed by atoms with Crippen molar-refractivity contribution in [3.63, 3.8) is 0 Å². The SMILES string of the molecule is CO[C@H]1[C@H](OC(C)=O)[C@@H](OC(C)=O)[C@H](OC[C@H](NC(=O)OCC2c3ccccc3-c3ccccc32)C(=O)Oc2c(F)c(F)c(F)c(F)c2F)O[C@@H]1COC(C)=O. The maximum atomic E-state index is 14.6. The molecule has 1 heterocycles. The molecule has 0 saturated carbocycles. The molecule has 6 atom stereocenters. The Kier molecular flexibility index (Phi) is 13.2. The van der Waals surface area contributed by atoms with E-state index in [4.69, 9.17) is 33.2 Å². The number of esters is 4. The summed E-state index contributed by atoms with van der Waals surface area (Å²) < 4.78 is 114. The molecule has 1 aliphatic carbocycles. The number of benzene rings is 3. The monoisotopic (exact) mass is 795 g/mol. The lowest BCUT2D eigenvalue weighted by Crippen LogP contribution is -2.63. The van der Waals surface area contributed by atoms with Crippen LogP contribution in [0.2, 0.25) is 0 Å². The Morgan fingerprint density at radius 3 is 1.77 bits per heavy atom. The van der Waals surface area contributed by atoms with Crippen LogP contribution in [-0.4, -0.2) is 93.6 Å². The fourth-order valence-electron chi connectivity index (χ4n) is 6.26. The zero-order chi connectivity index (χ0) is 40.8.